The molecule has 0 spiro atoms. The summed E-state index contributed by atoms with van der Waals surface area (Å²) < 4.78 is 10.8. The van der Waals surface area contributed by atoms with E-state index >= 15 is 0 Å². The van der Waals surface area contributed by atoms with Crippen LogP contribution in [-0.2, 0) is 0 Å². The van der Waals surface area contributed by atoms with Crippen molar-refractivity contribution in [1.82, 2.24) is 20.7 Å². The molecule has 0 bridgehead atoms. The zero-order valence-electron chi connectivity index (χ0n) is 13.2. The molecule has 2 atom stereocenters. The molecule has 21 heavy (non-hydrogen) atoms. The zero-order valence-corrected chi connectivity index (χ0v) is 13.2. The van der Waals surface area contributed by atoms with Crippen LogP contribution in [0, 0.1) is 13.8 Å². The summed E-state index contributed by atoms with van der Waals surface area (Å²) in [6.07, 6.45) is 1.06. The maximum atomic E-state index is 5.64. The Labute approximate surface area is 124 Å². The summed E-state index contributed by atoms with van der Waals surface area (Å²) in [5.74, 6) is 1.38. The van der Waals surface area contributed by atoms with Crippen LogP contribution in [0.2, 0.25) is 0 Å². The van der Waals surface area contributed by atoms with E-state index in [9.17, 15) is 0 Å². The predicted molar refractivity (Wildman–Crippen MR) is 79.0 cm³/mol. The maximum Gasteiger partial charge on any atom is 0.316 e. The molecule has 2 N–H and O–H groups in total. The van der Waals surface area contributed by atoms with Crippen LogP contribution in [0.4, 0.5) is 6.01 Å². The lowest BCUT2D eigenvalue weighted by Gasteiger charge is -2.11. The van der Waals surface area contributed by atoms with Crippen LogP contribution in [0.3, 0.4) is 0 Å². The minimum atomic E-state index is -0.0107. The molecule has 0 aliphatic rings. The van der Waals surface area contributed by atoms with Gasteiger partial charge in [-0.05, 0) is 40.7 Å². The Hall–Kier alpha value is -1.89. The van der Waals surface area contributed by atoms with Crippen LogP contribution in [-0.4, -0.2) is 21.9 Å². The Morgan fingerprint density at radius 3 is 2.52 bits per heavy atom. The molecule has 7 heteroatoms. The van der Waals surface area contributed by atoms with Crippen LogP contribution >= 0.6 is 0 Å². The minimum absolute atomic E-state index is 0.0107. The third kappa shape index (κ3) is 3.60. The average Bonchev–Trinajstić information content (AvgIpc) is 3.03. The first-order chi connectivity index (χ1) is 10.0. The van der Waals surface area contributed by atoms with Crippen LogP contribution in [0.25, 0.3) is 0 Å². The van der Waals surface area contributed by atoms with Crippen molar-refractivity contribution in [2.24, 2.45) is 0 Å². The van der Waals surface area contributed by atoms with Gasteiger partial charge in [0.2, 0.25) is 5.89 Å². The molecule has 2 unspecified atom stereocenters. The standard InChI is InChI=1S/C14H23N5O2/c1-6-7-15-10(4)13-17-18-14(20-13)16-8(2)12-9(3)19-21-11(12)5/h8,10,15H,6-7H2,1-5H3,(H,16,18). The van der Waals surface area contributed by atoms with Crippen molar-refractivity contribution in [3.63, 3.8) is 0 Å². The van der Waals surface area contributed by atoms with Crippen LogP contribution in [0.15, 0.2) is 8.94 Å². The lowest BCUT2D eigenvalue weighted by molar-refractivity contribution is 0.391. The monoisotopic (exact) mass is 293 g/mol. The first-order valence-corrected chi connectivity index (χ1v) is 7.29. The van der Waals surface area contributed by atoms with Crippen LogP contribution in [0.5, 0.6) is 0 Å². The van der Waals surface area contributed by atoms with Crippen molar-refractivity contribution >= 4 is 6.01 Å². The van der Waals surface area contributed by atoms with E-state index in [0.717, 1.165) is 30.0 Å². The first-order valence-electron chi connectivity index (χ1n) is 7.29. The average molecular weight is 293 g/mol. The highest BCUT2D eigenvalue weighted by molar-refractivity contribution is 5.32. The van der Waals surface area contributed by atoms with Gasteiger partial charge in [0.25, 0.3) is 0 Å². The first kappa shape index (κ1) is 15.5. The van der Waals surface area contributed by atoms with Gasteiger partial charge in [-0.15, -0.1) is 5.10 Å². The molecular formula is C14H23N5O2. The summed E-state index contributed by atoms with van der Waals surface area (Å²) in [5, 5.41) is 18.6. The summed E-state index contributed by atoms with van der Waals surface area (Å²) in [7, 11) is 0. The molecule has 2 rings (SSSR count). The molecule has 0 aliphatic heterocycles. The fraction of sp³-hybridized carbons (Fsp3) is 0.643. The number of anilines is 1. The Balaban J connectivity index is 2.02. The van der Waals surface area contributed by atoms with Crippen molar-refractivity contribution in [3.8, 4) is 0 Å². The quantitative estimate of drug-likeness (QED) is 0.811. The zero-order chi connectivity index (χ0) is 15.4. The van der Waals surface area contributed by atoms with Gasteiger partial charge in [-0.2, -0.15) is 0 Å². The van der Waals surface area contributed by atoms with E-state index in [-0.39, 0.29) is 12.1 Å². The molecule has 2 aromatic heterocycles. The Morgan fingerprint density at radius 1 is 1.14 bits per heavy atom. The van der Waals surface area contributed by atoms with E-state index in [1.165, 1.54) is 0 Å². The molecule has 0 radical (unpaired) electrons. The highest BCUT2D eigenvalue weighted by atomic mass is 16.5. The van der Waals surface area contributed by atoms with Gasteiger partial charge < -0.3 is 19.6 Å². The molecule has 7 nitrogen and oxygen atoms in total. The van der Waals surface area contributed by atoms with Crippen molar-refractivity contribution in [2.45, 2.75) is 53.1 Å². The molecular weight excluding hydrogens is 270 g/mol. The van der Waals surface area contributed by atoms with Crippen molar-refractivity contribution in [2.75, 3.05) is 11.9 Å². The molecule has 2 heterocycles. The number of hydrogen-bond donors (Lipinski definition) is 2. The number of nitrogens with one attached hydrogen (secondary N) is 2. The normalized spacial score (nSPS) is 14.1. The summed E-state index contributed by atoms with van der Waals surface area (Å²) in [4.78, 5) is 0. The minimum Gasteiger partial charge on any atom is -0.406 e. The van der Waals surface area contributed by atoms with E-state index in [1.54, 1.807) is 0 Å². The lowest BCUT2D eigenvalue weighted by Crippen LogP contribution is -2.19. The molecule has 0 aromatic carbocycles. The molecule has 0 amide bonds. The van der Waals surface area contributed by atoms with E-state index in [0.29, 0.717) is 11.9 Å². The van der Waals surface area contributed by atoms with E-state index < -0.39 is 0 Å². The van der Waals surface area contributed by atoms with Crippen LogP contribution < -0.4 is 10.6 Å². The Morgan fingerprint density at radius 2 is 1.90 bits per heavy atom. The van der Waals surface area contributed by atoms with Gasteiger partial charge in [0, 0.05) is 5.56 Å². The van der Waals surface area contributed by atoms with Gasteiger partial charge in [-0.3, -0.25) is 0 Å². The number of aromatic nitrogens is 3. The molecule has 0 aliphatic carbocycles. The third-order valence-electron chi connectivity index (χ3n) is 3.37. The van der Waals surface area contributed by atoms with E-state index in [1.807, 2.05) is 27.7 Å². The number of aryl methyl sites for hydroxylation is 2. The fourth-order valence-electron chi connectivity index (χ4n) is 2.28. The number of hydrogen-bond acceptors (Lipinski definition) is 7. The lowest BCUT2D eigenvalue weighted by atomic mass is 10.1. The number of nitrogens with zero attached hydrogens (tertiary/aromatic N) is 3. The summed E-state index contributed by atoms with van der Waals surface area (Å²) in [5.41, 5.74) is 1.89. The summed E-state index contributed by atoms with van der Waals surface area (Å²) >= 11 is 0. The Bertz CT molecular complexity index is 558. The molecule has 0 saturated heterocycles. The van der Waals surface area contributed by atoms with Gasteiger partial charge >= 0.3 is 6.01 Å². The topological polar surface area (TPSA) is 89.0 Å². The molecule has 0 saturated carbocycles. The largest absolute Gasteiger partial charge is 0.406 e. The van der Waals surface area contributed by atoms with Gasteiger partial charge in [-0.1, -0.05) is 17.2 Å². The predicted octanol–water partition coefficient (Wildman–Crippen LogP) is 2.91. The van der Waals surface area contributed by atoms with Crippen molar-refractivity contribution in [1.29, 1.82) is 0 Å². The second-order valence-electron chi connectivity index (χ2n) is 5.23. The molecule has 2 aromatic rings. The second-order valence-corrected chi connectivity index (χ2v) is 5.23. The number of rotatable bonds is 7. The van der Waals surface area contributed by atoms with Gasteiger partial charge in [0.1, 0.15) is 5.76 Å². The van der Waals surface area contributed by atoms with Crippen LogP contribution in [0.1, 0.15) is 62.2 Å². The Kier molecular flexibility index (Phi) is 4.95. The van der Waals surface area contributed by atoms with Crippen molar-refractivity contribution < 1.29 is 8.94 Å². The fourth-order valence-corrected chi connectivity index (χ4v) is 2.28. The summed E-state index contributed by atoms with van der Waals surface area (Å²) in [6, 6.07) is 0.438. The molecule has 0 fully saturated rings. The van der Waals surface area contributed by atoms with E-state index in [4.69, 9.17) is 8.94 Å². The van der Waals surface area contributed by atoms with Crippen molar-refractivity contribution in [3.05, 3.63) is 22.9 Å². The smallest absolute Gasteiger partial charge is 0.316 e. The second kappa shape index (κ2) is 6.71. The highest BCUT2D eigenvalue weighted by Gasteiger charge is 2.19. The van der Waals surface area contributed by atoms with Gasteiger partial charge in [-0.25, -0.2) is 0 Å². The third-order valence-corrected chi connectivity index (χ3v) is 3.37. The van der Waals surface area contributed by atoms with E-state index in [2.05, 4.69) is 32.9 Å². The SMILES string of the molecule is CCCNC(C)c1nnc(NC(C)c2c(C)noc2C)o1. The molecule has 116 valence electrons. The van der Waals surface area contributed by atoms with Gasteiger partial charge in [0.15, 0.2) is 0 Å². The summed E-state index contributed by atoms with van der Waals surface area (Å²) in [6.45, 7) is 10.9. The highest BCUT2D eigenvalue weighted by Crippen LogP contribution is 2.25. The maximum absolute atomic E-state index is 5.64. The van der Waals surface area contributed by atoms with Gasteiger partial charge in [0.05, 0.1) is 17.8 Å².